The number of hydrogen-bond acceptors (Lipinski definition) is 2. The van der Waals surface area contributed by atoms with Gasteiger partial charge in [0.15, 0.2) is 0 Å². The van der Waals surface area contributed by atoms with Crippen molar-refractivity contribution < 1.29 is 0 Å². The van der Waals surface area contributed by atoms with Crippen LogP contribution in [-0.4, -0.2) is 48.1 Å². The Kier molecular flexibility index (Phi) is 2.97. The van der Waals surface area contributed by atoms with Crippen molar-refractivity contribution in [3.05, 3.63) is 0 Å². The van der Waals surface area contributed by atoms with Gasteiger partial charge >= 0.3 is 0 Å². The maximum Gasteiger partial charge on any atom is 0.0252 e. The molecule has 2 nitrogen and oxygen atoms in total. The molecule has 3 aliphatic rings. The van der Waals surface area contributed by atoms with E-state index >= 15 is 0 Å². The van der Waals surface area contributed by atoms with Gasteiger partial charge < -0.3 is 0 Å². The van der Waals surface area contributed by atoms with Crippen LogP contribution in [0.2, 0.25) is 0 Å². The van der Waals surface area contributed by atoms with Crippen LogP contribution in [0.15, 0.2) is 0 Å². The minimum absolute atomic E-state index is 0.854. The van der Waals surface area contributed by atoms with Crippen molar-refractivity contribution in [3.63, 3.8) is 0 Å². The lowest BCUT2D eigenvalue weighted by Gasteiger charge is -2.52. The summed E-state index contributed by atoms with van der Waals surface area (Å²) in [5.74, 6) is 0. The molecule has 3 rings (SSSR count). The molecule has 0 N–H and O–H groups in total. The summed E-state index contributed by atoms with van der Waals surface area (Å²) in [4.78, 5) is 5.52. The van der Waals surface area contributed by atoms with Crippen LogP contribution in [0.3, 0.4) is 0 Å². The molecule has 4 bridgehead atoms. The van der Waals surface area contributed by atoms with E-state index in [0.717, 1.165) is 24.2 Å². The number of piperazine rings is 1. The molecule has 0 aromatic carbocycles. The first-order chi connectivity index (χ1) is 7.79. The molecule has 92 valence electrons. The Balaban J connectivity index is 1.93. The van der Waals surface area contributed by atoms with Crippen LogP contribution in [0.5, 0.6) is 0 Å². The summed E-state index contributed by atoms with van der Waals surface area (Å²) < 4.78 is 0. The van der Waals surface area contributed by atoms with Gasteiger partial charge in [-0.3, -0.25) is 9.80 Å². The molecule has 0 radical (unpaired) electrons. The van der Waals surface area contributed by atoms with E-state index in [2.05, 4.69) is 23.9 Å². The van der Waals surface area contributed by atoms with E-state index in [1.54, 1.807) is 0 Å². The summed E-state index contributed by atoms with van der Waals surface area (Å²) in [5, 5.41) is 0. The quantitative estimate of drug-likeness (QED) is 0.621. The molecule has 3 saturated heterocycles. The van der Waals surface area contributed by atoms with Crippen LogP contribution >= 0.6 is 0 Å². The molecule has 2 heteroatoms. The molecule has 0 aromatic rings. The molecule has 16 heavy (non-hydrogen) atoms. The lowest BCUT2D eigenvalue weighted by Crippen LogP contribution is -2.64. The highest BCUT2D eigenvalue weighted by Crippen LogP contribution is 2.38. The number of rotatable bonds is 0. The largest absolute Gasteiger partial charge is 0.297 e. The van der Waals surface area contributed by atoms with Crippen molar-refractivity contribution in [1.82, 2.24) is 9.80 Å². The Morgan fingerprint density at radius 1 is 0.562 bits per heavy atom. The van der Waals surface area contributed by atoms with E-state index in [4.69, 9.17) is 0 Å². The number of fused-ring (bicyclic) bond motifs is 6. The standard InChI is InChI=1S/C14H26N2/c1-15-11-7-3-4-8-12(15)14-10-6-5-9-13(11)16(14)2/h11-14H,3-10H2,1-2H3/t11-,12-,13+,14+. The van der Waals surface area contributed by atoms with Gasteiger partial charge in [0, 0.05) is 24.2 Å². The van der Waals surface area contributed by atoms with Gasteiger partial charge in [0.2, 0.25) is 0 Å². The van der Waals surface area contributed by atoms with E-state index in [1.165, 1.54) is 51.4 Å². The fourth-order valence-corrected chi connectivity index (χ4v) is 4.58. The number of likely N-dealkylation sites (N-methyl/N-ethyl adjacent to an activating group) is 2. The smallest absolute Gasteiger partial charge is 0.0252 e. The van der Waals surface area contributed by atoms with Crippen LogP contribution in [0.4, 0.5) is 0 Å². The van der Waals surface area contributed by atoms with E-state index < -0.39 is 0 Å². The Morgan fingerprint density at radius 2 is 0.812 bits per heavy atom. The van der Waals surface area contributed by atoms with Gasteiger partial charge in [-0.1, -0.05) is 25.7 Å². The van der Waals surface area contributed by atoms with Crippen molar-refractivity contribution in [3.8, 4) is 0 Å². The second kappa shape index (κ2) is 4.30. The predicted octanol–water partition coefficient (Wildman–Crippen LogP) is 2.49. The van der Waals surface area contributed by atoms with E-state index in [1.807, 2.05) is 0 Å². The summed E-state index contributed by atoms with van der Waals surface area (Å²) in [6, 6.07) is 3.41. The Morgan fingerprint density at radius 3 is 1.06 bits per heavy atom. The number of nitrogens with zero attached hydrogens (tertiary/aromatic N) is 2. The molecule has 3 fully saturated rings. The molecule has 0 aromatic heterocycles. The van der Waals surface area contributed by atoms with Crippen molar-refractivity contribution >= 4 is 0 Å². The molecule has 0 spiro atoms. The second-order valence-electron chi connectivity index (χ2n) is 6.17. The van der Waals surface area contributed by atoms with Gasteiger partial charge in [-0.15, -0.1) is 0 Å². The first-order valence-corrected chi connectivity index (χ1v) is 7.23. The van der Waals surface area contributed by atoms with Crippen molar-refractivity contribution in [2.24, 2.45) is 0 Å². The zero-order valence-electron chi connectivity index (χ0n) is 10.9. The normalized spacial score (nSPS) is 46.1. The molecular formula is C14H26N2. The van der Waals surface area contributed by atoms with Crippen molar-refractivity contribution in [1.29, 1.82) is 0 Å². The highest BCUT2D eigenvalue weighted by molar-refractivity contribution is 5.02. The molecule has 0 saturated carbocycles. The molecular weight excluding hydrogens is 196 g/mol. The first-order valence-electron chi connectivity index (χ1n) is 7.23. The summed E-state index contributed by atoms with van der Waals surface area (Å²) in [5.41, 5.74) is 0. The highest BCUT2D eigenvalue weighted by Gasteiger charge is 2.45. The fraction of sp³-hybridized carbons (Fsp3) is 1.00. The lowest BCUT2D eigenvalue weighted by atomic mass is 9.90. The van der Waals surface area contributed by atoms with Gasteiger partial charge in [0.05, 0.1) is 0 Å². The van der Waals surface area contributed by atoms with Gasteiger partial charge in [0.25, 0.3) is 0 Å². The Bertz CT molecular complexity index is 203. The fourth-order valence-electron chi connectivity index (χ4n) is 4.58. The Hall–Kier alpha value is -0.0800. The molecule has 0 aliphatic carbocycles. The average molecular weight is 222 g/mol. The monoisotopic (exact) mass is 222 g/mol. The third-order valence-corrected chi connectivity index (χ3v) is 5.48. The third kappa shape index (κ3) is 1.62. The van der Waals surface area contributed by atoms with E-state index in [9.17, 15) is 0 Å². The predicted molar refractivity (Wildman–Crippen MR) is 67.6 cm³/mol. The molecule has 4 atom stereocenters. The SMILES string of the molecule is CN1[C@@H]2CCCC[C@@H]1[C@@H]1CCCC[C@@H]2N1C. The van der Waals surface area contributed by atoms with Crippen LogP contribution in [0.1, 0.15) is 51.4 Å². The van der Waals surface area contributed by atoms with Crippen LogP contribution in [0.25, 0.3) is 0 Å². The maximum atomic E-state index is 2.76. The third-order valence-electron chi connectivity index (χ3n) is 5.48. The summed E-state index contributed by atoms with van der Waals surface area (Å²) in [6.07, 6.45) is 11.6. The minimum atomic E-state index is 0.854. The van der Waals surface area contributed by atoms with Gasteiger partial charge in [-0.25, -0.2) is 0 Å². The molecule has 0 amide bonds. The highest BCUT2D eigenvalue weighted by atomic mass is 15.3. The van der Waals surface area contributed by atoms with E-state index in [-0.39, 0.29) is 0 Å². The average Bonchev–Trinajstić information content (AvgIpc) is 2.48. The maximum absolute atomic E-state index is 2.76. The van der Waals surface area contributed by atoms with Crippen LogP contribution in [0, 0.1) is 0 Å². The van der Waals surface area contributed by atoms with Gasteiger partial charge in [0.1, 0.15) is 0 Å². The van der Waals surface area contributed by atoms with Gasteiger partial charge in [-0.2, -0.15) is 0 Å². The van der Waals surface area contributed by atoms with Crippen LogP contribution < -0.4 is 0 Å². The van der Waals surface area contributed by atoms with Crippen molar-refractivity contribution in [2.75, 3.05) is 14.1 Å². The van der Waals surface area contributed by atoms with Crippen LogP contribution in [-0.2, 0) is 0 Å². The first kappa shape index (κ1) is 11.0. The molecule has 3 heterocycles. The number of hydrogen-bond donors (Lipinski definition) is 0. The Labute approximate surface area is 100.0 Å². The summed E-state index contributed by atoms with van der Waals surface area (Å²) in [6.45, 7) is 0. The summed E-state index contributed by atoms with van der Waals surface area (Å²) in [7, 11) is 4.80. The zero-order valence-corrected chi connectivity index (χ0v) is 10.9. The lowest BCUT2D eigenvalue weighted by molar-refractivity contribution is -0.0324. The zero-order chi connectivity index (χ0) is 11.1. The second-order valence-corrected chi connectivity index (χ2v) is 6.17. The van der Waals surface area contributed by atoms with Crippen molar-refractivity contribution in [2.45, 2.75) is 75.5 Å². The van der Waals surface area contributed by atoms with E-state index in [0.29, 0.717) is 0 Å². The topological polar surface area (TPSA) is 6.48 Å². The molecule has 0 unspecified atom stereocenters. The minimum Gasteiger partial charge on any atom is -0.297 e. The summed E-state index contributed by atoms with van der Waals surface area (Å²) >= 11 is 0. The van der Waals surface area contributed by atoms with Gasteiger partial charge in [-0.05, 0) is 39.8 Å². The molecule has 3 aliphatic heterocycles.